The van der Waals surface area contributed by atoms with Crippen molar-refractivity contribution in [2.75, 3.05) is 71.3 Å². The van der Waals surface area contributed by atoms with Crippen molar-refractivity contribution < 1.29 is 18.3 Å². The average molecular weight is 392 g/mol. The van der Waals surface area contributed by atoms with Crippen molar-refractivity contribution in [3.63, 3.8) is 0 Å². The molecule has 0 amide bonds. The van der Waals surface area contributed by atoms with Crippen LogP contribution < -0.4 is 10.6 Å². The lowest BCUT2D eigenvalue weighted by atomic mass is 10.1. The summed E-state index contributed by atoms with van der Waals surface area (Å²) in [5.74, 6) is 0.831. The molecule has 9 nitrogen and oxygen atoms in total. The number of rotatable bonds is 8. The lowest BCUT2D eigenvalue weighted by Gasteiger charge is -2.33. The zero-order valence-corrected chi connectivity index (χ0v) is 16.7. The highest BCUT2D eigenvalue weighted by Gasteiger charge is 2.28. The van der Waals surface area contributed by atoms with Crippen LogP contribution in [0, 0.1) is 0 Å². The molecule has 0 aromatic rings. The zero-order valence-electron chi connectivity index (χ0n) is 15.9. The Balaban J connectivity index is 1.80. The highest BCUT2D eigenvalue weighted by atomic mass is 32.2. The Kier molecular flexibility index (Phi) is 8.08. The largest absolute Gasteiger partial charge is 0.387 e. The first-order valence-corrected chi connectivity index (χ1v) is 11.0. The van der Waals surface area contributed by atoms with Crippen molar-refractivity contribution in [2.24, 2.45) is 4.99 Å². The summed E-state index contributed by atoms with van der Waals surface area (Å²) >= 11 is 0. The van der Waals surface area contributed by atoms with Crippen molar-refractivity contribution in [3.05, 3.63) is 0 Å². The topological polar surface area (TPSA) is 106 Å². The highest BCUT2D eigenvalue weighted by Crippen LogP contribution is 2.12. The van der Waals surface area contributed by atoms with E-state index < -0.39 is 15.6 Å². The molecule has 0 bridgehead atoms. The predicted octanol–water partition coefficient (Wildman–Crippen LogP) is -1.34. The summed E-state index contributed by atoms with van der Waals surface area (Å²) in [5.41, 5.74) is -0.933. The van der Waals surface area contributed by atoms with Crippen LogP contribution >= 0.6 is 0 Å². The number of aliphatic hydroxyl groups is 1. The maximum atomic E-state index is 11.8. The van der Waals surface area contributed by atoms with Gasteiger partial charge in [-0.2, -0.15) is 0 Å². The van der Waals surface area contributed by atoms with E-state index in [1.165, 1.54) is 4.31 Å². The van der Waals surface area contributed by atoms with Crippen LogP contribution in [0.1, 0.15) is 20.3 Å². The second-order valence-electron chi connectivity index (χ2n) is 7.08. The zero-order chi connectivity index (χ0) is 19.0. The summed E-state index contributed by atoms with van der Waals surface area (Å²) in [7, 11) is -3.07. The van der Waals surface area contributed by atoms with Crippen LogP contribution in [0.2, 0.25) is 0 Å². The molecule has 2 aliphatic rings. The number of β-amino-alcohol motifs (C(OH)–C–C–N with tert-alkyl or cyclic N) is 1. The smallest absolute Gasteiger partial charge is 0.214 e. The number of nitrogens with zero attached hydrogens (tertiary/aromatic N) is 3. The van der Waals surface area contributed by atoms with E-state index in [1.807, 2.05) is 6.92 Å². The molecule has 3 N–H and O–H groups in total. The van der Waals surface area contributed by atoms with Gasteiger partial charge in [-0.15, -0.1) is 0 Å². The molecule has 2 heterocycles. The molecule has 0 aliphatic carbocycles. The van der Waals surface area contributed by atoms with Gasteiger partial charge in [0.15, 0.2) is 5.96 Å². The molecular formula is C16H33N5O4S. The fourth-order valence-electron chi connectivity index (χ4n) is 3.12. The molecule has 0 radical (unpaired) electrons. The molecule has 1 unspecified atom stereocenters. The van der Waals surface area contributed by atoms with Gasteiger partial charge in [-0.25, -0.2) is 12.7 Å². The molecule has 2 saturated heterocycles. The Morgan fingerprint density at radius 3 is 2.62 bits per heavy atom. The minimum Gasteiger partial charge on any atom is -0.387 e. The fourth-order valence-corrected chi connectivity index (χ4v) is 4.65. The number of hydrogen-bond donors (Lipinski definition) is 3. The van der Waals surface area contributed by atoms with Crippen molar-refractivity contribution >= 4 is 16.0 Å². The molecule has 2 rings (SSSR count). The Hall–Kier alpha value is -0.940. The summed E-state index contributed by atoms with van der Waals surface area (Å²) in [6.07, 6.45) is 0.695. The molecule has 0 aromatic heterocycles. The van der Waals surface area contributed by atoms with E-state index in [0.717, 1.165) is 13.1 Å². The van der Waals surface area contributed by atoms with Crippen molar-refractivity contribution in [1.29, 1.82) is 0 Å². The van der Waals surface area contributed by atoms with Gasteiger partial charge in [0.05, 0.1) is 31.1 Å². The van der Waals surface area contributed by atoms with E-state index >= 15 is 0 Å². The molecule has 10 heteroatoms. The predicted molar refractivity (Wildman–Crippen MR) is 102 cm³/mol. The average Bonchev–Trinajstić information content (AvgIpc) is 2.92. The third-order valence-electron chi connectivity index (χ3n) is 4.45. The Labute approximate surface area is 156 Å². The lowest BCUT2D eigenvalue weighted by Crippen LogP contribution is -2.48. The fraction of sp³-hybridized carbons (Fsp3) is 0.938. The van der Waals surface area contributed by atoms with Crippen LogP contribution in [0.25, 0.3) is 0 Å². The van der Waals surface area contributed by atoms with Gasteiger partial charge in [-0.3, -0.25) is 9.89 Å². The number of aliphatic imine (C=N–C) groups is 1. The Morgan fingerprint density at radius 1 is 1.27 bits per heavy atom. The van der Waals surface area contributed by atoms with Gasteiger partial charge in [0.2, 0.25) is 10.0 Å². The summed E-state index contributed by atoms with van der Waals surface area (Å²) in [6, 6.07) is 0. The summed E-state index contributed by atoms with van der Waals surface area (Å²) in [4.78, 5) is 6.65. The monoisotopic (exact) mass is 391 g/mol. The van der Waals surface area contributed by atoms with E-state index in [-0.39, 0.29) is 12.3 Å². The molecule has 152 valence electrons. The summed E-state index contributed by atoms with van der Waals surface area (Å²) in [6.45, 7) is 9.79. The van der Waals surface area contributed by atoms with E-state index in [4.69, 9.17) is 4.74 Å². The first-order valence-electron chi connectivity index (χ1n) is 9.35. The van der Waals surface area contributed by atoms with E-state index in [2.05, 4.69) is 20.5 Å². The first-order chi connectivity index (χ1) is 12.3. The van der Waals surface area contributed by atoms with Gasteiger partial charge in [-0.05, 0) is 20.3 Å². The third kappa shape index (κ3) is 6.99. The molecule has 0 aromatic carbocycles. The number of hydrogen-bond acceptors (Lipinski definition) is 6. The van der Waals surface area contributed by atoms with Crippen LogP contribution in [0.5, 0.6) is 0 Å². The van der Waals surface area contributed by atoms with Gasteiger partial charge in [0, 0.05) is 45.8 Å². The second kappa shape index (κ2) is 9.84. The maximum Gasteiger partial charge on any atom is 0.214 e. The molecule has 2 aliphatic heterocycles. The lowest BCUT2D eigenvalue weighted by molar-refractivity contribution is -0.0179. The first kappa shape index (κ1) is 21.4. The molecule has 26 heavy (non-hydrogen) atoms. The minimum atomic E-state index is -3.07. The maximum absolute atomic E-state index is 11.8. The molecule has 2 fully saturated rings. The van der Waals surface area contributed by atoms with Crippen LogP contribution in [0.3, 0.4) is 0 Å². The second-order valence-corrected chi connectivity index (χ2v) is 9.16. The van der Waals surface area contributed by atoms with Gasteiger partial charge < -0.3 is 20.5 Å². The Morgan fingerprint density at radius 2 is 2.00 bits per heavy atom. The van der Waals surface area contributed by atoms with Gasteiger partial charge in [0.1, 0.15) is 0 Å². The van der Waals surface area contributed by atoms with Crippen LogP contribution in [-0.2, 0) is 14.8 Å². The quantitative estimate of drug-likeness (QED) is 0.347. The standard InChI is InChI=1S/C16H33N5O4S/c1-3-17-15(18-5-7-21-6-4-12-26(21,23)24)19-13-16(2,22)14-20-8-10-25-11-9-20/h22H,3-14H2,1-2H3,(H2,17,18,19). The molecule has 0 saturated carbocycles. The molecule has 0 spiro atoms. The van der Waals surface area contributed by atoms with Gasteiger partial charge in [-0.1, -0.05) is 0 Å². The van der Waals surface area contributed by atoms with E-state index in [9.17, 15) is 13.5 Å². The Bertz CT molecular complexity index is 561. The number of ether oxygens (including phenoxy) is 1. The van der Waals surface area contributed by atoms with Crippen LogP contribution in [0.4, 0.5) is 0 Å². The van der Waals surface area contributed by atoms with Gasteiger partial charge >= 0.3 is 0 Å². The minimum absolute atomic E-state index is 0.242. The van der Waals surface area contributed by atoms with Crippen LogP contribution in [0.15, 0.2) is 4.99 Å². The number of morpholine rings is 1. The van der Waals surface area contributed by atoms with Crippen molar-refractivity contribution in [1.82, 2.24) is 19.8 Å². The molecular weight excluding hydrogens is 358 g/mol. The van der Waals surface area contributed by atoms with E-state index in [0.29, 0.717) is 58.3 Å². The SMILES string of the molecule is CCNC(=NCC(C)(O)CN1CCOCC1)NCCN1CCCS1(=O)=O. The molecule has 1 atom stereocenters. The number of sulfonamides is 1. The van der Waals surface area contributed by atoms with Crippen molar-refractivity contribution in [2.45, 2.75) is 25.9 Å². The highest BCUT2D eigenvalue weighted by molar-refractivity contribution is 7.89. The van der Waals surface area contributed by atoms with Crippen molar-refractivity contribution in [3.8, 4) is 0 Å². The number of guanidine groups is 1. The van der Waals surface area contributed by atoms with Crippen LogP contribution in [-0.4, -0.2) is 106 Å². The third-order valence-corrected chi connectivity index (χ3v) is 6.40. The van der Waals surface area contributed by atoms with Gasteiger partial charge in [0.25, 0.3) is 0 Å². The summed E-state index contributed by atoms with van der Waals surface area (Å²) in [5, 5.41) is 16.9. The van der Waals surface area contributed by atoms with E-state index in [1.54, 1.807) is 6.92 Å². The summed E-state index contributed by atoms with van der Waals surface area (Å²) < 4.78 is 30.5. The normalized spacial score (nSPS) is 24.3. The number of nitrogens with one attached hydrogen (secondary N) is 2.